The van der Waals surface area contributed by atoms with Crippen molar-refractivity contribution in [2.24, 2.45) is 5.41 Å². The number of hydrogen-bond donors (Lipinski definition) is 5. The lowest BCUT2D eigenvalue weighted by Crippen LogP contribution is -2.56. The number of anilines is 2. The zero-order chi connectivity index (χ0) is 23.3. The molecule has 9 nitrogen and oxygen atoms in total. The van der Waals surface area contributed by atoms with Crippen LogP contribution in [0.1, 0.15) is 20.8 Å². The zero-order valence-corrected chi connectivity index (χ0v) is 18.6. The Morgan fingerprint density at radius 1 is 1.26 bits per heavy atom. The number of allylic oxidation sites excluding steroid dienone is 1. The van der Waals surface area contributed by atoms with Crippen molar-refractivity contribution in [3.05, 3.63) is 36.4 Å². The summed E-state index contributed by atoms with van der Waals surface area (Å²) in [5.74, 6) is -1.19. The molecule has 1 aliphatic rings. The fourth-order valence-electron chi connectivity index (χ4n) is 3.24. The molecular weight excluding hydrogens is 402 g/mol. The summed E-state index contributed by atoms with van der Waals surface area (Å²) in [6.07, 6.45) is -3.21. The molecule has 5 atom stereocenters. The Morgan fingerprint density at radius 2 is 1.90 bits per heavy atom. The molecule has 172 valence electrons. The van der Waals surface area contributed by atoms with Crippen molar-refractivity contribution in [3.8, 4) is 0 Å². The number of hydrogen-bond acceptors (Lipinski definition) is 7. The summed E-state index contributed by atoms with van der Waals surface area (Å²) >= 11 is 0. The lowest BCUT2D eigenvalue weighted by Gasteiger charge is -2.29. The second-order valence-corrected chi connectivity index (χ2v) is 8.80. The zero-order valence-electron chi connectivity index (χ0n) is 18.6. The Balaban J connectivity index is 2.08. The van der Waals surface area contributed by atoms with Crippen molar-refractivity contribution in [1.82, 2.24) is 5.32 Å². The first-order valence-corrected chi connectivity index (χ1v) is 10.1. The summed E-state index contributed by atoms with van der Waals surface area (Å²) in [6, 6.07) is 6.34. The van der Waals surface area contributed by atoms with Gasteiger partial charge in [0.05, 0.1) is 11.4 Å². The number of amides is 2. The van der Waals surface area contributed by atoms with Crippen LogP contribution in [-0.4, -0.2) is 78.3 Å². The molecule has 1 heterocycles. The van der Waals surface area contributed by atoms with Crippen molar-refractivity contribution < 1.29 is 29.6 Å². The first-order valence-electron chi connectivity index (χ1n) is 10.1. The molecule has 0 aromatic heterocycles. The first-order chi connectivity index (χ1) is 14.4. The molecule has 1 aliphatic heterocycles. The number of fused-ring (bicyclic) bond motifs is 1. The number of aliphatic hydroxyl groups is 3. The number of nitrogens with zero attached hydrogens (tertiary/aromatic N) is 1. The maximum Gasteiger partial charge on any atom is 0.252 e. The normalized spacial score (nSPS) is 21.0. The second kappa shape index (κ2) is 10.2. The lowest BCUT2D eigenvalue weighted by atomic mass is 9.94. The molecular formula is C22H33N3O6. The van der Waals surface area contributed by atoms with E-state index in [-0.39, 0.29) is 12.0 Å². The van der Waals surface area contributed by atoms with E-state index in [9.17, 15) is 24.9 Å². The van der Waals surface area contributed by atoms with Gasteiger partial charge in [-0.3, -0.25) is 9.59 Å². The van der Waals surface area contributed by atoms with Gasteiger partial charge in [0.25, 0.3) is 5.91 Å². The number of likely N-dealkylation sites (N-methyl/N-ethyl adjacent to an activating group) is 1. The summed E-state index contributed by atoms with van der Waals surface area (Å²) in [6.45, 7) is 5.94. The van der Waals surface area contributed by atoms with Gasteiger partial charge in [-0.1, -0.05) is 45.1 Å². The van der Waals surface area contributed by atoms with E-state index in [0.29, 0.717) is 5.69 Å². The molecule has 2 amide bonds. The monoisotopic (exact) mass is 435 g/mol. The third-order valence-electron chi connectivity index (χ3n) is 4.98. The molecule has 0 aliphatic carbocycles. The quantitative estimate of drug-likeness (QED) is 0.388. The minimum absolute atomic E-state index is 0.195. The summed E-state index contributed by atoms with van der Waals surface area (Å²) in [4.78, 5) is 27.2. The molecule has 0 bridgehead atoms. The van der Waals surface area contributed by atoms with Crippen LogP contribution < -0.4 is 15.5 Å². The van der Waals surface area contributed by atoms with Crippen molar-refractivity contribution in [3.63, 3.8) is 0 Å². The second-order valence-electron chi connectivity index (χ2n) is 8.80. The molecule has 0 fully saturated rings. The molecule has 2 rings (SSSR count). The SMILES string of the molecule is CO[C@@H](C(=O)N[C@H]1CN(C)c2ccccc2NC1=O)[C@H](O)[C@@H](O)[C@H](O)/C=C/C(C)(C)C. The fraction of sp³-hybridized carbons (Fsp3) is 0.545. The van der Waals surface area contributed by atoms with Gasteiger partial charge in [-0.15, -0.1) is 0 Å². The Hall–Kier alpha value is -2.46. The summed E-state index contributed by atoms with van der Waals surface area (Å²) in [7, 11) is 3.00. The Kier molecular flexibility index (Phi) is 8.19. The topological polar surface area (TPSA) is 131 Å². The number of aliphatic hydroxyl groups excluding tert-OH is 3. The van der Waals surface area contributed by atoms with Crippen LogP contribution in [0.2, 0.25) is 0 Å². The molecule has 0 spiro atoms. The van der Waals surface area contributed by atoms with Crippen LogP contribution in [0.4, 0.5) is 11.4 Å². The molecule has 1 aromatic rings. The van der Waals surface area contributed by atoms with Gasteiger partial charge in [-0.25, -0.2) is 0 Å². The van der Waals surface area contributed by atoms with Crippen LogP contribution in [0.15, 0.2) is 36.4 Å². The van der Waals surface area contributed by atoms with Gasteiger partial charge in [0, 0.05) is 20.7 Å². The molecule has 1 aromatic carbocycles. The van der Waals surface area contributed by atoms with E-state index in [2.05, 4.69) is 10.6 Å². The standard InChI is InChI=1S/C22H33N3O6/c1-22(2,3)11-10-16(26)17(27)18(28)19(31-5)21(30)24-14-12-25(4)15-9-7-6-8-13(15)23-20(14)29/h6-11,14,16-19,26-28H,12H2,1-5H3,(H,23,29)(H,24,30)/b11-10+/t14-,16+,17-,18+,19+/m0/s1. The number of rotatable bonds is 7. The van der Waals surface area contributed by atoms with Gasteiger partial charge in [0.1, 0.15) is 24.4 Å². The highest BCUT2D eigenvalue weighted by atomic mass is 16.5. The summed E-state index contributed by atoms with van der Waals surface area (Å²) in [5.41, 5.74) is 1.19. The number of carbonyl (C=O) groups is 2. The number of benzene rings is 1. The average Bonchev–Trinajstić information content (AvgIpc) is 2.81. The van der Waals surface area contributed by atoms with Gasteiger partial charge in [-0.2, -0.15) is 0 Å². The van der Waals surface area contributed by atoms with E-state index >= 15 is 0 Å². The highest BCUT2D eigenvalue weighted by molar-refractivity contribution is 6.01. The van der Waals surface area contributed by atoms with Gasteiger partial charge in [0.15, 0.2) is 6.10 Å². The van der Waals surface area contributed by atoms with Crippen LogP contribution in [0, 0.1) is 5.41 Å². The summed E-state index contributed by atoms with van der Waals surface area (Å²) < 4.78 is 5.08. The van der Waals surface area contributed by atoms with Crippen LogP contribution in [0.5, 0.6) is 0 Å². The molecule has 0 unspecified atom stereocenters. The lowest BCUT2D eigenvalue weighted by molar-refractivity contribution is -0.150. The molecule has 5 N–H and O–H groups in total. The van der Waals surface area contributed by atoms with Gasteiger partial charge in [0.2, 0.25) is 5.91 Å². The number of methoxy groups -OCH3 is 1. The molecule has 0 radical (unpaired) electrons. The van der Waals surface area contributed by atoms with Crippen molar-refractivity contribution in [2.75, 3.05) is 30.9 Å². The minimum atomic E-state index is -1.71. The van der Waals surface area contributed by atoms with Gasteiger partial charge < -0.3 is 35.6 Å². The average molecular weight is 436 g/mol. The van der Waals surface area contributed by atoms with E-state index in [4.69, 9.17) is 4.74 Å². The molecule has 31 heavy (non-hydrogen) atoms. The fourth-order valence-corrected chi connectivity index (χ4v) is 3.24. The molecule has 0 saturated carbocycles. The van der Waals surface area contributed by atoms with E-state index < -0.39 is 42.3 Å². The predicted octanol–water partition coefficient (Wildman–Crippen LogP) is 0.260. The largest absolute Gasteiger partial charge is 0.387 e. The van der Waals surface area contributed by atoms with Crippen LogP contribution >= 0.6 is 0 Å². The number of para-hydroxylation sites is 2. The number of ether oxygens (including phenoxy) is 1. The molecule has 9 heteroatoms. The highest BCUT2D eigenvalue weighted by Gasteiger charge is 2.37. The van der Waals surface area contributed by atoms with E-state index in [1.807, 2.05) is 37.8 Å². The van der Waals surface area contributed by atoms with Crippen molar-refractivity contribution in [1.29, 1.82) is 0 Å². The Bertz CT molecular complexity index is 807. The van der Waals surface area contributed by atoms with E-state index in [1.54, 1.807) is 25.3 Å². The third-order valence-corrected chi connectivity index (χ3v) is 4.98. The van der Waals surface area contributed by atoms with E-state index in [0.717, 1.165) is 5.69 Å². The number of carbonyl (C=O) groups excluding carboxylic acids is 2. The maximum absolute atomic E-state index is 12.8. The van der Waals surface area contributed by atoms with Crippen LogP contribution in [0.3, 0.4) is 0 Å². The Labute approximate surface area is 182 Å². The predicted molar refractivity (Wildman–Crippen MR) is 118 cm³/mol. The van der Waals surface area contributed by atoms with Crippen molar-refractivity contribution >= 4 is 23.2 Å². The van der Waals surface area contributed by atoms with Gasteiger partial charge >= 0.3 is 0 Å². The van der Waals surface area contributed by atoms with E-state index in [1.165, 1.54) is 13.2 Å². The first kappa shape index (κ1) is 24.8. The highest BCUT2D eigenvalue weighted by Crippen LogP contribution is 2.27. The third kappa shape index (κ3) is 6.51. The summed E-state index contributed by atoms with van der Waals surface area (Å²) in [5, 5.41) is 36.2. The Morgan fingerprint density at radius 3 is 2.52 bits per heavy atom. The van der Waals surface area contributed by atoms with Crippen LogP contribution in [0.25, 0.3) is 0 Å². The van der Waals surface area contributed by atoms with Crippen molar-refractivity contribution in [2.45, 2.75) is 51.2 Å². The minimum Gasteiger partial charge on any atom is -0.387 e. The number of nitrogens with one attached hydrogen (secondary N) is 2. The van der Waals surface area contributed by atoms with Crippen LogP contribution in [-0.2, 0) is 14.3 Å². The molecule has 0 saturated heterocycles. The van der Waals surface area contributed by atoms with Gasteiger partial charge in [-0.05, 0) is 17.5 Å². The maximum atomic E-state index is 12.8. The smallest absolute Gasteiger partial charge is 0.252 e.